The number of carboxylic acids is 1. The van der Waals surface area contributed by atoms with Crippen LogP contribution in [0.5, 0.6) is 0 Å². The Balaban J connectivity index is 1.66. The summed E-state index contributed by atoms with van der Waals surface area (Å²) in [6.07, 6.45) is 3.26. The lowest BCUT2D eigenvalue weighted by Crippen LogP contribution is -2.58. The predicted molar refractivity (Wildman–Crippen MR) is 151 cm³/mol. The number of carboxylic acid groups (broad SMARTS) is 1. The van der Waals surface area contributed by atoms with Crippen molar-refractivity contribution in [3.8, 4) is 0 Å². The number of halogens is 2. The van der Waals surface area contributed by atoms with E-state index in [1.54, 1.807) is 34.3 Å². The molecule has 4 unspecified atom stereocenters. The van der Waals surface area contributed by atoms with Crippen LogP contribution in [0.4, 0.5) is 0 Å². The van der Waals surface area contributed by atoms with Crippen LogP contribution in [0.1, 0.15) is 68.5 Å². The summed E-state index contributed by atoms with van der Waals surface area (Å²) in [5, 5.41) is 10.9. The maximum absolute atomic E-state index is 14.5. The molecule has 1 amide bonds. The van der Waals surface area contributed by atoms with Crippen LogP contribution in [0, 0.1) is 11.3 Å². The summed E-state index contributed by atoms with van der Waals surface area (Å²) >= 11 is 12.6. The molecule has 10 heteroatoms. The zero-order valence-electron chi connectivity index (χ0n) is 21.9. The van der Waals surface area contributed by atoms with Crippen molar-refractivity contribution < 1.29 is 23.1 Å². The third-order valence-electron chi connectivity index (χ3n) is 8.50. The fraction of sp³-hybridized carbons (Fsp3) is 0.517. The van der Waals surface area contributed by atoms with E-state index in [1.807, 2.05) is 30.3 Å². The molecular formula is C29H34Cl2N2O5S. The van der Waals surface area contributed by atoms with Gasteiger partial charge in [-0.25, -0.2) is 12.7 Å². The van der Waals surface area contributed by atoms with Gasteiger partial charge in [-0.05, 0) is 73.4 Å². The minimum Gasteiger partial charge on any atom is -0.481 e. The maximum atomic E-state index is 14.5. The first-order valence-corrected chi connectivity index (χ1v) is 15.9. The van der Waals surface area contributed by atoms with Crippen molar-refractivity contribution in [2.24, 2.45) is 11.3 Å². The number of amides is 1. The number of likely N-dealkylation sites (tertiary alicyclic amines) is 1. The number of nitrogens with zero attached hydrogens (tertiary/aromatic N) is 2. The van der Waals surface area contributed by atoms with Crippen LogP contribution >= 0.6 is 23.2 Å². The van der Waals surface area contributed by atoms with Crippen LogP contribution in [-0.2, 0) is 19.6 Å². The first-order chi connectivity index (χ1) is 18.5. The lowest BCUT2D eigenvalue weighted by molar-refractivity contribution is -0.160. The van der Waals surface area contributed by atoms with Gasteiger partial charge in [0.1, 0.15) is 0 Å². The normalized spacial score (nSPS) is 27.1. The van der Waals surface area contributed by atoms with E-state index in [0.717, 1.165) is 36.8 Å². The zero-order valence-corrected chi connectivity index (χ0v) is 24.3. The van der Waals surface area contributed by atoms with Crippen molar-refractivity contribution in [1.29, 1.82) is 0 Å². The number of sulfonamides is 1. The molecule has 3 fully saturated rings. The Morgan fingerprint density at radius 2 is 1.72 bits per heavy atom. The van der Waals surface area contributed by atoms with Crippen molar-refractivity contribution in [3.05, 3.63) is 69.7 Å². The summed E-state index contributed by atoms with van der Waals surface area (Å²) in [4.78, 5) is 28.2. The van der Waals surface area contributed by atoms with Gasteiger partial charge in [0.15, 0.2) is 0 Å². The van der Waals surface area contributed by atoms with Crippen LogP contribution < -0.4 is 0 Å². The molecule has 7 nitrogen and oxygen atoms in total. The van der Waals surface area contributed by atoms with Crippen LogP contribution in [0.3, 0.4) is 0 Å². The SMILES string of the molecule is CC1(CC(=O)O)CC(c2cccc(Cl)c2)C(c2ccc(Cl)cc2)N(C(CS(=O)(=O)N2CCCC2)C2CC2)C1=O. The minimum absolute atomic E-state index is 0.0355. The molecule has 3 aliphatic rings. The Hall–Kier alpha value is -2.13. The number of benzene rings is 2. The van der Waals surface area contributed by atoms with E-state index < -0.39 is 33.5 Å². The van der Waals surface area contributed by atoms with Gasteiger partial charge in [0.2, 0.25) is 15.9 Å². The smallest absolute Gasteiger partial charge is 0.304 e. The summed E-state index contributed by atoms with van der Waals surface area (Å²) in [5.74, 6) is -1.81. The Labute approximate surface area is 240 Å². The summed E-state index contributed by atoms with van der Waals surface area (Å²) < 4.78 is 28.8. The average Bonchev–Trinajstić information content (AvgIpc) is 3.56. The summed E-state index contributed by atoms with van der Waals surface area (Å²) in [7, 11) is -3.62. The van der Waals surface area contributed by atoms with E-state index in [1.165, 1.54) is 0 Å². The van der Waals surface area contributed by atoms with E-state index in [9.17, 15) is 23.1 Å². The van der Waals surface area contributed by atoms with E-state index >= 15 is 0 Å². The average molecular weight is 594 g/mol. The molecule has 1 aliphatic carbocycles. The molecule has 2 aromatic rings. The Morgan fingerprint density at radius 1 is 1.05 bits per heavy atom. The highest BCUT2D eigenvalue weighted by Crippen LogP contribution is 2.54. The molecule has 1 saturated carbocycles. The molecule has 4 atom stereocenters. The summed E-state index contributed by atoms with van der Waals surface area (Å²) in [5.41, 5.74) is 0.500. The summed E-state index contributed by atoms with van der Waals surface area (Å²) in [6, 6.07) is 13.7. The molecule has 5 rings (SSSR count). The van der Waals surface area contributed by atoms with Gasteiger partial charge in [-0.15, -0.1) is 0 Å². The van der Waals surface area contributed by atoms with E-state index in [-0.39, 0.29) is 29.9 Å². The molecule has 0 spiro atoms. The van der Waals surface area contributed by atoms with Gasteiger partial charge in [0.05, 0.1) is 29.7 Å². The largest absolute Gasteiger partial charge is 0.481 e. The van der Waals surface area contributed by atoms with Crippen LogP contribution in [0.25, 0.3) is 0 Å². The van der Waals surface area contributed by atoms with E-state index in [0.29, 0.717) is 29.6 Å². The van der Waals surface area contributed by atoms with Crippen molar-refractivity contribution in [2.75, 3.05) is 18.8 Å². The fourth-order valence-electron chi connectivity index (χ4n) is 6.46. The van der Waals surface area contributed by atoms with E-state index in [4.69, 9.17) is 23.2 Å². The Kier molecular flexibility index (Phi) is 8.04. The van der Waals surface area contributed by atoms with E-state index in [2.05, 4.69) is 0 Å². The van der Waals surface area contributed by atoms with Gasteiger partial charge in [0, 0.05) is 29.1 Å². The van der Waals surface area contributed by atoms with Gasteiger partial charge in [-0.1, -0.05) is 54.4 Å². The van der Waals surface area contributed by atoms with Crippen LogP contribution in [-0.4, -0.2) is 59.5 Å². The molecule has 2 heterocycles. The number of hydrogen-bond acceptors (Lipinski definition) is 4. The van der Waals surface area contributed by atoms with Crippen LogP contribution in [0.2, 0.25) is 10.0 Å². The second kappa shape index (κ2) is 11.0. The van der Waals surface area contributed by atoms with Crippen molar-refractivity contribution in [1.82, 2.24) is 9.21 Å². The molecular weight excluding hydrogens is 559 g/mol. The highest BCUT2D eigenvalue weighted by Gasteiger charge is 2.55. The molecule has 0 aromatic heterocycles. The molecule has 0 bridgehead atoms. The van der Waals surface area contributed by atoms with Gasteiger partial charge >= 0.3 is 5.97 Å². The molecule has 39 heavy (non-hydrogen) atoms. The number of hydrogen-bond donors (Lipinski definition) is 1. The maximum Gasteiger partial charge on any atom is 0.304 e. The molecule has 2 aromatic carbocycles. The number of carbonyl (C=O) groups is 2. The minimum atomic E-state index is -3.62. The molecule has 210 valence electrons. The molecule has 2 saturated heterocycles. The van der Waals surface area contributed by atoms with Gasteiger partial charge in [0.25, 0.3) is 0 Å². The first kappa shape index (κ1) is 28.4. The number of piperidine rings is 1. The van der Waals surface area contributed by atoms with Crippen molar-refractivity contribution in [2.45, 2.75) is 63.5 Å². The van der Waals surface area contributed by atoms with Gasteiger partial charge < -0.3 is 10.0 Å². The second-order valence-electron chi connectivity index (χ2n) is 11.5. The number of rotatable bonds is 9. The summed E-state index contributed by atoms with van der Waals surface area (Å²) in [6.45, 7) is 2.69. The third-order valence-corrected chi connectivity index (χ3v) is 10.9. The number of carbonyl (C=O) groups excluding carboxylic acids is 1. The van der Waals surface area contributed by atoms with Crippen LogP contribution in [0.15, 0.2) is 48.5 Å². The highest BCUT2D eigenvalue weighted by molar-refractivity contribution is 7.89. The fourth-order valence-corrected chi connectivity index (χ4v) is 8.67. The quantitative estimate of drug-likeness (QED) is 0.401. The monoisotopic (exact) mass is 592 g/mol. The highest BCUT2D eigenvalue weighted by atomic mass is 35.5. The molecule has 2 aliphatic heterocycles. The lowest BCUT2D eigenvalue weighted by atomic mass is 9.67. The van der Waals surface area contributed by atoms with Gasteiger partial charge in [-0.2, -0.15) is 0 Å². The zero-order chi connectivity index (χ0) is 27.9. The topological polar surface area (TPSA) is 95.0 Å². The van der Waals surface area contributed by atoms with Gasteiger partial charge in [-0.3, -0.25) is 9.59 Å². The first-order valence-electron chi connectivity index (χ1n) is 13.5. The third kappa shape index (κ3) is 5.99. The lowest BCUT2D eigenvalue weighted by Gasteiger charge is -2.52. The molecule has 0 radical (unpaired) electrons. The number of aliphatic carboxylic acids is 1. The Morgan fingerprint density at radius 3 is 2.31 bits per heavy atom. The standard InChI is InChI=1S/C29H34Cl2N2O5S/c1-29(17-26(34)35)16-24(21-5-4-6-23(31)15-21)27(20-9-11-22(30)12-10-20)33(28(29)36)25(19-7-8-19)18-39(37,38)32-13-2-3-14-32/h4-6,9-12,15,19,24-25,27H,2-3,7-8,13-14,16-18H2,1H3,(H,34,35). The molecule has 1 N–H and O–H groups in total. The second-order valence-corrected chi connectivity index (χ2v) is 14.4. The Bertz CT molecular complexity index is 1340. The van der Waals surface area contributed by atoms with Crippen molar-refractivity contribution in [3.63, 3.8) is 0 Å². The predicted octanol–water partition coefficient (Wildman–Crippen LogP) is 5.74. The van der Waals surface area contributed by atoms with Crippen molar-refractivity contribution >= 4 is 45.1 Å².